The second-order valence-corrected chi connectivity index (χ2v) is 8.27. The van der Waals surface area contributed by atoms with Crippen LogP contribution in [0.2, 0.25) is 0 Å². The molecule has 1 amide bonds. The van der Waals surface area contributed by atoms with Crippen molar-refractivity contribution in [3.05, 3.63) is 71.9 Å². The predicted octanol–water partition coefficient (Wildman–Crippen LogP) is 4.00. The molecule has 1 fully saturated rings. The summed E-state index contributed by atoms with van der Waals surface area (Å²) in [5, 5.41) is 0. The van der Waals surface area contributed by atoms with Crippen LogP contribution in [0.25, 0.3) is 11.3 Å². The smallest absolute Gasteiger partial charge is 0.339 e. The van der Waals surface area contributed by atoms with Crippen molar-refractivity contribution in [3.63, 3.8) is 0 Å². The van der Waals surface area contributed by atoms with E-state index in [0.717, 1.165) is 41.5 Å². The van der Waals surface area contributed by atoms with Crippen LogP contribution in [-0.2, 0) is 16.1 Å². The van der Waals surface area contributed by atoms with Crippen LogP contribution in [0, 0.1) is 6.92 Å². The van der Waals surface area contributed by atoms with Gasteiger partial charge in [-0.1, -0.05) is 36.4 Å². The highest BCUT2D eigenvalue weighted by molar-refractivity contribution is 5.93. The molecule has 0 saturated carbocycles. The van der Waals surface area contributed by atoms with Crippen molar-refractivity contribution in [1.82, 2.24) is 9.47 Å². The number of rotatable bonds is 7. The van der Waals surface area contributed by atoms with Gasteiger partial charge in [0.1, 0.15) is 12.3 Å². The fraction of sp³-hybridized carbons (Fsp3) is 0.333. The van der Waals surface area contributed by atoms with Gasteiger partial charge in [0, 0.05) is 49.3 Å². The second kappa shape index (κ2) is 10.5. The molecule has 0 unspecified atom stereocenters. The molecule has 7 heteroatoms. The van der Waals surface area contributed by atoms with Crippen molar-refractivity contribution in [1.29, 1.82) is 0 Å². The second-order valence-electron chi connectivity index (χ2n) is 8.27. The normalized spacial score (nSPS) is 13.6. The molecule has 0 atom stereocenters. The lowest BCUT2D eigenvalue weighted by atomic mass is 10.1. The van der Waals surface area contributed by atoms with Gasteiger partial charge >= 0.3 is 5.97 Å². The summed E-state index contributed by atoms with van der Waals surface area (Å²) < 4.78 is 12.5. The van der Waals surface area contributed by atoms with Gasteiger partial charge in [-0.2, -0.15) is 0 Å². The maximum atomic E-state index is 13.3. The van der Waals surface area contributed by atoms with E-state index in [-0.39, 0.29) is 18.4 Å². The Morgan fingerprint density at radius 2 is 1.68 bits per heavy atom. The molecule has 4 rings (SSSR count). The van der Waals surface area contributed by atoms with Gasteiger partial charge in [0.05, 0.1) is 19.3 Å². The molecule has 0 radical (unpaired) electrons. The number of aromatic nitrogens is 1. The highest BCUT2D eigenvalue weighted by Gasteiger charge is 2.25. The standard InChI is InChI=1S/C27H31N3O4/c1-4-34-27(32)24-18-25(21-9-6-5-7-10-21)30(20(24)2)19-26(31)29-15-13-28(14-16-29)22-11-8-12-23(17-22)33-3/h5-12,17-18H,4,13-16,19H2,1-3H3. The Hall–Kier alpha value is -3.74. The third kappa shape index (κ3) is 4.93. The highest BCUT2D eigenvalue weighted by atomic mass is 16.5. The van der Waals surface area contributed by atoms with Gasteiger partial charge in [-0.25, -0.2) is 4.79 Å². The molecule has 1 aromatic heterocycles. The number of hydrogen-bond donors (Lipinski definition) is 0. The van der Waals surface area contributed by atoms with Crippen LogP contribution in [0.15, 0.2) is 60.7 Å². The van der Waals surface area contributed by atoms with E-state index in [1.807, 2.05) is 71.0 Å². The zero-order chi connectivity index (χ0) is 24.1. The van der Waals surface area contributed by atoms with Crippen LogP contribution in [0.4, 0.5) is 5.69 Å². The Bertz CT molecular complexity index is 1150. The summed E-state index contributed by atoms with van der Waals surface area (Å²) in [5.41, 5.74) is 4.12. The molecule has 3 aromatic rings. The number of carbonyl (C=O) groups excluding carboxylic acids is 2. The fourth-order valence-corrected chi connectivity index (χ4v) is 4.37. The van der Waals surface area contributed by atoms with E-state index in [1.54, 1.807) is 14.0 Å². The molecule has 0 aliphatic carbocycles. The molecule has 2 heterocycles. The number of amides is 1. The Balaban J connectivity index is 1.51. The number of hydrogen-bond acceptors (Lipinski definition) is 5. The lowest BCUT2D eigenvalue weighted by molar-refractivity contribution is -0.132. The number of piperazine rings is 1. The SMILES string of the molecule is CCOC(=O)c1cc(-c2ccccc2)n(CC(=O)N2CCN(c3cccc(OC)c3)CC2)c1C. The first kappa shape index (κ1) is 23.4. The highest BCUT2D eigenvalue weighted by Crippen LogP contribution is 2.27. The van der Waals surface area contributed by atoms with E-state index in [1.165, 1.54) is 0 Å². The van der Waals surface area contributed by atoms with E-state index in [2.05, 4.69) is 11.0 Å². The molecule has 7 nitrogen and oxygen atoms in total. The van der Waals surface area contributed by atoms with Crippen molar-refractivity contribution in [2.24, 2.45) is 0 Å². The zero-order valence-electron chi connectivity index (χ0n) is 20.0. The van der Waals surface area contributed by atoms with E-state index in [4.69, 9.17) is 9.47 Å². The van der Waals surface area contributed by atoms with Gasteiger partial charge in [0.25, 0.3) is 0 Å². The van der Waals surface area contributed by atoms with Crippen molar-refractivity contribution in [3.8, 4) is 17.0 Å². The number of carbonyl (C=O) groups is 2. The molecular formula is C27H31N3O4. The minimum absolute atomic E-state index is 0.0385. The molecule has 1 aliphatic rings. The largest absolute Gasteiger partial charge is 0.497 e. The van der Waals surface area contributed by atoms with E-state index >= 15 is 0 Å². The van der Waals surface area contributed by atoms with Crippen molar-refractivity contribution >= 4 is 17.6 Å². The van der Waals surface area contributed by atoms with Crippen LogP contribution in [-0.4, -0.2) is 61.2 Å². The fourth-order valence-electron chi connectivity index (χ4n) is 4.37. The number of anilines is 1. The van der Waals surface area contributed by atoms with Gasteiger partial charge in [-0.05, 0) is 37.6 Å². The van der Waals surface area contributed by atoms with Crippen LogP contribution >= 0.6 is 0 Å². The van der Waals surface area contributed by atoms with Crippen molar-refractivity contribution in [2.75, 3.05) is 44.8 Å². The Morgan fingerprint density at radius 3 is 2.35 bits per heavy atom. The number of methoxy groups -OCH3 is 1. The molecule has 0 N–H and O–H groups in total. The Kier molecular flexibility index (Phi) is 7.21. The van der Waals surface area contributed by atoms with Crippen LogP contribution in [0.3, 0.4) is 0 Å². The van der Waals surface area contributed by atoms with E-state index in [9.17, 15) is 9.59 Å². The van der Waals surface area contributed by atoms with Gasteiger partial charge in [-0.3, -0.25) is 4.79 Å². The first-order chi connectivity index (χ1) is 16.5. The van der Waals surface area contributed by atoms with E-state index in [0.29, 0.717) is 25.3 Å². The lowest BCUT2D eigenvalue weighted by Gasteiger charge is -2.36. The topological polar surface area (TPSA) is 64.0 Å². The number of esters is 1. The molecule has 0 bridgehead atoms. The first-order valence-electron chi connectivity index (χ1n) is 11.6. The maximum absolute atomic E-state index is 13.3. The van der Waals surface area contributed by atoms with Gasteiger partial charge < -0.3 is 23.8 Å². The quantitative estimate of drug-likeness (QED) is 0.498. The summed E-state index contributed by atoms with van der Waals surface area (Å²) >= 11 is 0. The molecular weight excluding hydrogens is 430 g/mol. The first-order valence-corrected chi connectivity index (χ1v) is 11.6. The molecule has 0 spiro atoms. The van der Waals surface area contributed by atoms with Gasteiger partial charge in [-0.15, -0.1) is 0 Å². The summed E-state index contributed by atoms with van der Waals surface area (Å²) in [6.45, 7) is 6.93. The zero-order valence-corrected chi connectivity index (χ0v) is 20.0. The maximum Gasteiger partial charge on any atom is 0.339 e. The van der Waals surface area contributed by atoms with Crippen molar-refractivity contribution < 1.29 is 19.1 Å². The van der Waals surface area contributed by atoms with Crippen LogP contribution in [0.1, 0.15) is 23.0 Å². The lowest BCUT2D eigenvalue weighted by Crippen LogP contribution is -2.49. The van der Waals surface area contributed by atoms with Gasteiger partial charge in [0.2, 0.25) is 5.91 Å². The predicted molar refractivity (Wildman–Crippen MR) is 132 cm³/mol. The molecule has 2 aromatic carbocycles. The minimum Gasteiger partial charge on any atom is -0.497 e. The number of benzene rings is 2. The average Bonchev–Trinajstić information content (AvgIpc) is 3.20. The van der Waals surface area contributed by atoms with Crippen LogP contribution < -0.4 is 9.64 Å². The third-order valence-electron chi connectivity index (χ3n) is 6.28. The average molecular weight is 462 g/mol. The monoisotopic (exact) mass is 461 g/mol. The molecule has 1 saturated heterocycles. The summed E-state index contributed by atoms with van der Waals surface area (Å²) in [6.07, 6.45) is 0. The molecule has 178 valence electrons. The summed E-state index contributed by atoms with van der Waals surface area (Å²) in [5.74, 6) is 0.497. The van der Waals surface area contributed by atoms with Crippen LogP contribution in [0.5, 0.6) is 5.75 Å². The summed E-state index contributed by atoms with van der Waals surface area (Å²) in [4.78, 5) is 30.0. The van der Waals surface area contributed by atoms with Gasteiger partial charge in [0.15, 0.2) is 0 Å². The van der Waals surface area contributed by atoms with E-state index < -0.39 is 0 Å². The Morgan fingerprint density at radius 1 is 0.941 bits per heavy atom. The number of nitrogens with zero attached hydrogens (tertiary/aromatic N) is 3. The molecule has 34 heavy (non-hydrogen) atoms. The summed E-state index contributed by atoms with van der Waals surface area (Å²) in [6, 6.07) is 19.6. The minimum atomic E-state index is -0.365. The van der Waals surface area contributed by atoms with Crippen molar-refractivity contribution in [2.45, 2.75) is 20.4 Å². The Labute approximate surface area is 200 Å². The number of ether oxygens (including phenoxy) is 2. The third-order valence-corrected chi connectivity index (χ3v) is 6.28. The summed E-state index contributed by atoms with van der Waals surface area (Å²) in [7, 11) is 1.66. The molecule has 1 aliphatic heterocycles.